The Morgan fingerprint density at radius 2 is 1.60 bits per heavy atom. The highest BCUT2D eigenvalue weighted by Gasteiger charge is 2.30. The van der Waals surface area contributed by atoms with Crippen LogP contribution >= 0.6 is 0 Å². The first-order valence-corrected chi connectivity index (χ1v) is 15.7. The van der Waals surface area contributed by atoms with E-state index in [1.807, 2.05) is 6.07 Å². The van der Waals surface area contributed by atoms with Crippen molar-refractivity contribution in [2.24, 2.45) is 0 Å². The van der Waals surface area contributed by atoms with Crippen LogP contribution in [-0.4, -0.2) is 65.4 Å². The molecule has 48 heavy (non-hydrogen) atoms. The maximum Gasteiger partial charge on any atom is 0.416 e. The Balaban J connectivity index is 1.35. The highest BCUT2D eigenvalue weighted by atomic mass is 19.4. The van der Waals surface area contributed by atoms with Crippen LogP contribution in [0.25, 0.3) is 5.69 Å². The number of piperidine rings is 1. The number of aliphatic hydroxyl groups is 1. The number of nitrogens with zero attached hydrogens (tertiary/aromatic N) is 3. The fourth-order valence-corrected chi connectivity index (χ4v) is 5.39. The molecular formula is C35H36F3N5O5. The lowest BCUT2D eigenvalue weighted by molar-refractivity contribution is -0.137. The number of halogens is 3. The number of carbonyl (C=O) groups is 3. The lowest BCUT2D eigenvalue weighted by atomic mass is 10.0. The summed E-state index contributed by atoms with van der Waals surface area (Å²) in [4.78, 5) is 42.0. The van der Waals surface area contributed by atoms with E-state index in [2.05, 4.69) is 20.6 Å². The second-order valence-electron chi connectivity index (χ2n) is 11.3. The number of benzene rings is 3. The maximum absolute atomic E-state index is 13.7. The normalized spacial score (nSPS) is 13.3. The Hall–Kier alpha value is -5.01. The Labute approximate surface area is 275 Å². The van der Waals surface area contributed by atoms with Gasteiger partial charge in [-0.3, -0.25) is 14.4 Å². The zero-order valence-corrected chi connectivity index (χ0v) is 26.1. The number of carbonyl (C=O) groups excluding carboxylic acids is 3. The van der Waals surface area contributed by atoms with Crippen molar-refractivity contribution >= 4 is 34.8 Å². The SMILES string of the molecule is O=C(CCCOCCO)c1cccc(C(=O)Nc2ccc(N3CCCCC3)cc2C(=O)Nc2ccn(-c3cccc(C(F)(F)F)c3)n2)c1. The molecule has 10 nitrogen and oxygen atoms in total. The average Bonchev–Trinajstić information content (AvgIpc) is 3.56. The number of aliphatic hydroxyl groups excluding tert-OH is 1. The van der Waals surface area contributed by atoms with Gasteiger partial charge in [0.05, 0.1) is 35.7 Å². The van der Waals surface area contributed by atoms with Crippen molar-refractivity contribution in [2.75, 3.05) is 48.4 Å². The molecule has 1 aliphatic heterocycles. The summed E-state index contributed by atoms with van der Waals surface area (Å²) >= 11 is 0. The summed E-state index contributed by atoms with van der Waals surface area (Å²) in [5, 5.41) is 18.6. The summed E-state index contributed by atoms with van der Waals surface area (Å²) in [7, 11) is 0. The van der Waals surface area contributed by atoms with Gasteiger partial charge in [0.25, 0.3) is 11.8 Å². The summed E-state index contributed by atoms with van der Waals surface area (Å²) in [6, 6.07) is 17.6. The second-order valence-corrected chi connectivity index (χ2v) is 11.3. The van der Waals surface area contributed by atoms with Gasteiger partial charge in [0, 0.05) is 55.2 Å². The number of anilines is 3. The molecule has 252 valence electrons. The van der Waals surface area contributed by atoms with Crippen molar-refractivity contribution in [1.82, 2.24) is 9.78 Å². The quantitative estimate of drug-likeness (QED) is 0.112. The van der Waals surface area contributed by atoms with E-state index in [1.54, 1.807) is 30.3 Å². The van der Waals surface area contributed by atoms with Crippen molar-refractivity contribution in [2.45, 2.75) is 38.3 Å². The fourth-order valence-electron chi connectivity index (χ4n) is 5.39. The van der Waals surface area contributed by atoms with Gasteiger partial charge in [0.15, 0.2) is 11.6 Å². The Kier molecular flexibility index (Phi) is 11.2. The van der Waals surface area contributed by atoms with Crippen molar-refractivity contribution < 1.29 is 37.4 Å². The molecule has 13 heteroatoms. The Morgan fingerprint density at radius 1 is 0.833 bits per heavy atom. The summed E-state index contributed by atoms with van der Waals surface area (Å²) in [5.41, 5.74) is 1.13. The third-order valence-corrected chi connectivity index (χ3v) is 7.86. The number of alkyl halides is 3. The zero-order valence-electron chi connectivity index (χ0n) is 26.1. The first-order valence-electron chi connectivity index (χ1n) is 15.7. The lowest BCUT2D eigenvalue weighted by Crippen LogP contribution is -2.29. The summed E-state index contributed by atoms with van der Waals surface area (Å²) < 4.78 is 46.2. The zero-order chi connectivity index (χ0) is 34.1. The number of hydrogen-bond acceptors (Lipinski definition) is 7. The predicted octanol–water partition coefficient (Wildman–Crippen LogP) is 6.36. The molecule has 0 unspecified atom stereocenters. The molecule has 0 atom stereocenters. The van der Waals surface area contributed by atoms with Crippen LogP contribution in [0.5, 0.6) is 0 Å². The van der Waals surface area contributed by atoms with E-state index in [0.717, 1.165) is 50.2 Å². The van der Waals surface area contributed by atoms with Gasteiger partial charge in [-0.25, -0.2) is 4.68 Å². The minimum atomic E-state index is -4.52. The molecule has 1 aliphatic rings. The molecule has 2 heterocycles. The van der Waals surface area contributed by atoms with Gasteiger partial charge in [0.2, 0.25) is 0 Å². The molecule has 0 spiro atoms. The largest absolute Gasteiger partial charge is 0.416 e. The van der Waals surface area contributed by atoms with E-state index >= 15 is 0 Å². The van der Waals surface area contributed by atoms with Gasteiger partial charge >= 0.3 is 6.18 Å². The van der Waals surface area contributed by atoms with Crippen LogP contribution in [0.3, 0.4) is 0 Å². The first kappa shape index (κ1) is 34.3. The van der Waals surface area contributed by atoms with Crippen molar-refractivity contribution in [3.8, 4) is 5.69 Å². The van der Waals surface area contributed by atoms with Crippen LogP contribution in [-0.2, 0) is 10.9 Å². The van der Waals surface area contributed by atoms with Gasteiger partial charge in [-0.1, -0.05) is 18.2 Å². The average molecular weight is 664 g/mol. The van der Waals surface area contributed by atoms with Crippen LogP contribution < -0.4 is 15.5 Å². The molecule has 0 bridgehead atoms. The molecule has 1 saturated heterocycles. The number of nitrogens with one attached hydrogen (secondary N) is 2. The van der Waals surface area contributed by atoms with Gasteiger partial charge in [-0.15, -0.1) is 0 Å². The molecule has 0 saturated carbocycles. The monoisotopic (exact) mass is 663 g/mol. The molecule has 3 N–H and O–H groups in total. The second kappa shape index (κ2) is 15.7. The van der Waals surface area contributed by atoms with Gasteiger partial charge in [-0.05, 0) is 74.2 Å². The Bertz CT molecular complexity index is 1750. The van der Waals surface area contributed by atoms with E-state index in [0.29, 0.717) is 18.6 Å². The molecule has 5 rings (SSSR count). The fraction of sp³-hybridized carbons (Fsp3) is 0.314. The summed E-state index contributed by atoms with van der Waals surface area (Å²) in [6.45, 7) is 2.08. The third kappa shape index (κ3) is 8.87. The van der Waals surface area contributed by atoms with Crippen molar-refractivity contribution in [1.29, 1.82) is 0 Å². The minimum Gasteiger partial charge on any atom is -0.394 e. The summed E-state index contributed by atoms with van der Waals surface area (Å²) in [6.07, 6.45) is 0.737. The molecular weight excluding hydrogens is 627 g/mol. The van der Waals surface area contributed by atoms with Crippen LogP contribution in [0, 0.1) is 0 Å². The van der Waals surface area contributed by atoms with E-state index in [9.17, 15) is 27.6 Å². The maximum atomic E-state index is 13.7. The number of Topliss-reactive ketones (excluding diaryl/α,β-unsaturated/α-hetero) is 1. The number of rotatable bonds is 13. The van der Waals surface area contributed by atoms with Crippen LogP contribution in [0.2, 0.25) is 0 Å². The molecule has 1 fully saturated rings. The van der Waals surface area contributed by atoms with E-state index in [4.69, 9.17) is 9.84 Å². The lowest BCUT2D eigenvalue weighted by Gasteiger charge is -2.29. The standard InChI is InChI=1S/C35H36F3N5O5/c36-35(37,38)26-9-5-10-28(22-26)43-17-14-32(41-43)40-34(47)29-23-27(42-15-2-1-3-16-42)12-13-30(29)39-33(46)25-8-4-7-24(21-25)31(45)11-6-19-48-20-18-44/h4-5,7-10,12-14,17,21-23,44H,1-3,6,11,15-16,18-20H2,(H,39,46)(H,40,41,47). The molecule has 0 aliphatic carbocycles. The summed E-state index contributed by atoms with van der Waals surface area (Å²) in [5.74, 6) is -1.16. The number of ether oxygens (including phenoxy) is 1. The van der Waals surface area contributed by atoms with Gasteiger partial charge < -0.3 is 25.4 Å². The van der Waals surface area contributed by atoms with Crippen molar-refractivity contribution in [3.63, 3.8) is 0 Å². The smallest absolute Gasteiger partial charge is 0.394 e. The highest BCUT2D eigenvalue weighted by Crippen LogP contribution is 2.31. The van der Waals surface area contributed by atoms with Crippen LogP contribution in [0.1, 0.15) is 68.7 Å². The predicted molar refractivity (Wildman–Crippen MR) is 175 cm³/mol. The first-order chi connectivity index (χ1) is 23.1. The van der Waals surface area contributed by atoms with Gasteiger partial charge in [0.1, 0.15) is 0 Å². The van der Waals surface area contributed by atoms with Gasteiger partial charge in [-0.2, -0.15) is 18.3 Å². The number of hydrogen-bond donors (Lipinski definition) is 3. The number of aromatic nitrogens is 2. The third-order valence-electron chi connectivity index (χ3n) is 7.86. The number of amides is 2. The Morgan fingerprint density at radius 3 is 2.38 bits per heavy atom. The topological polar surface area (TPSA) is 126 Å². The molecule has 3 aromatic carbocycles. The molecule has 2 amide bonds. The van der Waals surface area contributed by atoms with Crippen LogP contribution in [0.4, 0.5) is 30.4 Å². The van der Waals surface area contributed by atoms with E-state index < -0.39 is 23.6 Å². The minimum absolute atomic E-state index is 0.0941. The molecule has 1 aromatic heterocycles. The van der Waals surface area contributed by atoms with Crippen LogP contribution in [0.15, 0.2) is 79.0 Å². The number of ketones is 1. The van der Waals surface area contributed by atoms with E-state index in [-0.39, 0.29) is 53.7 Å². The highest BCUT2D eigenvalue weighted by molar-refractivity contribution is 6.13. The molecule has 0 radical (unpaired) electrons. The molecule has 4 aromatic rings. The van der Waals surface area contributed by atoms with E-state index in [1.165, 1.54) is 35.1 Å². The van der Waals surface area contributed by atoms with Crippen molar-refractivity contribution in [3.05, 3.63) is 101 Å².